The van der Waals surface area contributed by atoms with Gasteiger partial charge in [0.15, 0.2) is 5.82 Å². The molecule has 0 aliphatic heterocycles. The van der Waals surface area contributed by atoms with Gasteiger partial charge in [-0.25, -0.2) is 13.2 Å². The van der Waals surface area contributed by atoms with Crippen molar-refractivity contribution in [2.45, 2.75) is 11.8 Å². The molecule has 0 aliphatic rings. The summed E-state index contributed by atoms with van der Waals surface area (Å²) >= 11 is 0. The molecule has 0 unspecified atom stereocenters. The molecule has 0 bridgehead atoms. The minimum Gasteiger partial charge on any atom is -0.481 e. The van der Waals surface area contributed by atoms with Crippen molar-refractivity contribution >= 4 is 33.2 Å². The molecule has 0 radical (unpaired) electrons. The normalized spacial score (nSPS) is 11.2. The lowest BCUT2D eigenvalue weighted by atomic mass is 10.3. The van der Waals surface area contributed by atoms with Gasteiger partial charge >= 0.3 is 12.0 Å². The first-order valence-electron chi connectivity index (χ1n) is 8.33. The number of hydrogen-bond acceptors (Lipinski definition) is 11. The van der Waals surface area contributed by atoms with Crippen molar-refractivity contribution in [2.75, 3.05) is 31.0 Å². The number of nitrogens with zero attached hydrogens (tertiary/aromatic N) is 4. The van der Waals surface area contributed by atoms with E-state index in [0.717, 1.165) is 0 Å². The van der Waals surface area contributed by atoms with Crippen molar-refractivity contribution < 1.29 is 27.4 Å². The SMILES string of the molecule is CCOC(=O)/C(C#N)=N\Nc1ccc(S(=O)(=O)Nc2cc(OC)nc(OC)n2)cc1. The van der Waals surface area contributed by atoms with Gasteiger partial charge < -0.3 is 14.2 Å². The number of methoxy groups -OCH3 is 2. The van der Waals surface area contributed by atoms with Gasteiger partial charge in [0.1, 0.15) is 6.07 Å². The van der Waals surface area contributed by atoms with Gasteiger partial charge in [-0.05, 0) is 31.2 Å². The second-order valence-electron chi connectivity index (χ2n) is 5.32. The molecule has 1 aromatic heterocycles. The Morgan fingerprint density at radius 1 is 1.20 bits per heavy atom. The van der Waals surface area contributed by atoms with Gasteiger partial charge in [-0.1, -0.05) is 0 Å². The van der Waals surface area contributed by atoms with Crippen molar-refractivity contribution in [2.24, 2.45) is 5.10 Å². The third-order valence-corrected chi connectivity index (χ3v) is 4.72. The molecule has 2 rings (SSSR count). The molecule has 158 valence electrons. The molecule has 0 spiro atoms. The lowest BCUT2D eigenvalue weighted by Gasteiger charge is -2.10. The Labute approximate surface area is 172 Å². The number of anilines is 2. The number of carbonyl (C=O) groups is 1. The summed E-state index contributed by atoms with van der Waals surface area (Å²) in [5.74, 6) is -0.794. The Bertz CT molecular complexity index is 1060. The van der Waals surface area contributed by atoms with E-state index in [-0.39, 0.29) is 29.2 Å². The average Bonchev–Trinajstić information content (AvgIpc) is 2.74. The van der Waals surface area contributed by atoms with Gasteiger partial charge in [0.25, 0.3) is 10.0 Å². The predicted octanol–water partition coefficient (Wildman–Crippen LogP) is 1.15. The number of nitrogens with one attached hydrogen (secondary N) is 2. The second-order valence-corrected chi connectivity index (χ2v) is 7.00. The number of hydrazone groups is 1. The average molecular weight is 434 g/mol. The monoisotopic (exact) mass is 434 g/mol. The van der Waals surface area contributed by atoms with Crippen LogP contribution in [-0.4, -0.2) is 50.9 Å². The molecular weight excluding hydrogens is 416 g/mol. The molecule has 2 N–H and O–H groups in total. The van der Waals surface area contributed by atoms with E-state index in [9.17, 15) is 13.2 Å². The molecule has 1 aromatic carbocycles. The van der Waals surface area contributed by atoms with Crippen molar-refractivity contribution in [3.05, 3.63) is 30.3 Å². The molecule has 0 saturated heterocycles. The van der Waals surface area contributed by atoms with Gasteiger partial charge in [-0.3, -0.25) is 10.1 Å². The fourth-order valence-electron chi connectivity index (χ4n) is 1.99. The summed E-state index contributed by atoms with van der Waals surface area (Å²) < 4.78 is 42.0. The van der Waals surface area contributed by atoms with Crippen LogP contribution in [-0.2, 0) is 19.6 Å². The van der Waals surface area contributed by atoms with E-state index in [2.05, 4.69) is 30.0 Å². The van der Waals surface area contributed by atoms with E-state index in [1.54, 1.807) is 13.0 Å². The molecule has 0 fully saturated rings. The Morgan fingerprint density at radius 3 is 2.47 bits per heavy atom. The minimum absolute atomic E-state index is 0.0430. The second kappa shape index (κ2) is 10.0. The maximum atomic E-state index is 12.6. The topological polar surface area (TPSA) is 165 Å². The van der Waals surface area contributed by atoms with Crippen LogP contribution >= 0.6 is 0 Å². The maximum absolute atomic E-state index is 12.6. The fourth-order valence-corrected chi connectivity index (χ4v) is 2.99. The van der Waals surface area contributed by atoms with E-state index < -0.39 is 21.7 Å². The summed E-state index contributed by atoms with van der Waals surface area (Å²) in [4.78, 5) is 19.2. The van der Waals surface area contributed by atoms with E-state index in [1.807, 2.05) is 0 Å². The number of benzene rings is 1. The highest BCUT2D eigenvalue weighted by atomic mass is 32.2. The summed E-state index contributed by atoms with van der Waals surface area (Å²) in [5.41, 5.74) is 2.36. The first kappa shape index (κ1) is 22.4. The van der Waals surface area contributed by atoms with Crippen molar-refractivity contribution in [3.8, 4) is 18.0 Å². The molecule has 0 amide bonds. The molecule has 0 aliphatic carbocycles. The van der Waals surface area contributed by atoms with Gasteiger partial charge in [-0.15, -0.1) is 0 Å². The van der Waals surface area contributed by atoms with Gasteiger partial charge in [0.2, 0.25) is 11.6 Å². The van der Waals surface area contributed by atoms with Crippen LogP contribution in [0.1, 0.15) is 6.92 Å². The van der Waals surface area contributed by atoms with E-state index in [0.29, 0.717) is 5.69 Å². The first-order chi connectivity index (χ1) is 14.3. The van der Waals surface area contributed by atoms with Crippen LogP contribution in [0.4, 0.5) is 11.5 Å². The minimum atomic E-state index is -3.98. The van der Waals surface area contributed by atoms with Crippen LogP contribution in [0.5, 0.6) is 11.9 Å². The van der Waals surface area contributed by atoms with E-state index >= 15 is 0 Å². The number of aromatic nitrogens is 2. The maximum Gasteiger partial charge on any atom is 0.369 e. The highest BCUT2D eigenvalue weighted by Crippen LogP contribution is 2.21. The lowest BCUT2D eigenvalue weighted by Crippen LogP contribution is -2.17. The molecule has 30 heavy (non-hydrogen) atoms. The Kier molecular flexibility index (Phi) is 7.48. The summed E-state index contributed by atoms with van der Waals surface area (Å²) in [6.07, 6.45) is 0. The quantitative estimate of drug-likeness (QED) is 0.332. The third kappa shape index (κ3) is 5.79. The standard InChI is InChI=1S/C17H18N6O6S/c1-4-29-16(24)13(10-18)22-21-11-5-7-12(8-6-11)30(25,26)23-14-9-15(27-2)20-17(19-14)28-3/h5-9,21H,4H2,1-3H3,(H,19,20,23)/b22-13-. The van der Waals surface area contributed by atoms with E-state index in [4.69, 9.17) is 14.7 Å². The molecule has 2 aromatic rings. The lowest BCUT2D eigenvalue weighted by molar-refractivity contribution is -0.134. The van der Waals surface area contributed by atoms with Crippen LogP contribution in [0.15, 0.2) is 40.3 Å². The zero-order chi connectivity index (χ0) is 22.1. The zero-order valence-electron chi connectivity index (χ0n) is 16.2. The number of hydrogen-bond donors (Lipinski definition) is 2. The molecule has 1 heterocycles. The van der Waals surface area contributed by atoms with Crippen LogP contribution in [0.2, 0.25) is 0 Å². The van der Waals surface area contributed by atoms with Crippen LogP contribution in [0.25, 0.3) is 0 Å². The third-order valence-electron chi connectivity index (χ3n) is 3.35. The number of sulfonamides is 1. The van der Waals surface area contributed by atoms with Crippen LogP contribution in [0.3, 0.4) is 0 Å². The number of esters is 1. The Balaban J connectivity index is 2.17. The molecule has 0 atom stereocenters. The van der Waals surface area contributed by atoms with Crippen LogP contribution in [0, 0.1) is 11.3 Å². The Morgan fingerprint density at radius 2 is 1.90 bits per heavy atom. The van der Waals surface area contributed by atoms with E-state index in [1.165, 1.54) is 44.6 Å². The molecule has 13 heteroatoms. The summed E-state index contributed by atoms with van der Waals surface area (Å²) in [7, 11) is -1.27. The smallest absolute Gasteiger partial charge is 0.369 e. The highest BCUT2D eigenvalue weighted by Gasteiger charge is 2.17. The zero-order valence-corrected chi connectivity index (χ0v) is 17.1. The Hall–Kier alpha value is -3.92. The van der Waals surface area contributed by atoms with Crippen LogP contribution < -0.4 is 19.6 Å². The molecule has 12 nitrogen and oxygen atoms in total. The molecule has 0 saturated carbocycles. The fraction of sp³-hybridized carbons (Fsp3) is 0.235. The summed E-state index contributed by atoms with van der Waals surface area (Å²) in [6, 6.07) is 8.24. The number of carbonyl (C=O) groups excluding carboxylic acids is 1. The summed E-state index contributed by atoms with van der Waals surface area (Å²) in [5, 5.41) is 12.6. The van der Waals surface area contributed by atoms with Gasteiger partial charge in [-0.2, -0.15) is 20.3 Å². The number of nitriles is 1. The number of ether oxygens (including phenoxy) is 3. The van der Waals surface area contributed by atoms with Crippen molar-refractivity contribution in [1.82, 2.24) is 9.97 Å². The van der Waals surface area contributed by atoms with Crippen molar-refractivity contribution in [1.29, 1.82) is 5.26 Å². The largest absolute Gasteiger partial charge is 0.481 e. The number of rotatable bonds is 9. The van der Waals surface area contributed by atoms with Gasteiger partial charge in [0.05, 0.1) is 31.4 Å². The van der Waals surface area contributed by atoms with Crippen molar-refractivity contribution in [3.63, 3.8) is 0 Å². The summed E-state index contributed by atoms with van der Waals surface area (Å²) in [6.45, 7) is 1.70. The van der Waals surface area contributed by atoms with Gasteiger partial charge in [0, 0.05) is 6.07 Å². The highest BCUT2D eigenvalue weighted by molar-refractivity contribution is 7.92. The molecular formula is C17H18N6O6S. The first-order valence-corrected chi connectivity index (χ1v) is 9.82. The predicted molar refractivity (Wildman–Crippen MR) is 106 cm³/mol.